The number of nitrogens with zero attached hydrogens (tertiary/aromatic N) is 5. The lowest BCUT2D eigenvalue weighted by Crippen LogP contribution is -2.75. The first kappa shape index (κ1) is 16.8. The van der Waals surface area contributed by atoms with E-state index in [4.69, 9.17) is 9.84 Å². The van der Waals surface area contributed by atoms with E-state index in [0.29, 0.717) is 0 Å². The van der Waals surface area contributed by atoms with Crippen molar-refractivity contribution in [3.8, 4) is 23.0 Å². The molecule has 0 N–H and O–H groups in total. The summed E-state index contributed by atoms with van der Waals surface area (Å²) in [7, 11) is 0. The lowest BCUT2D eigenvalue weighted by molar-refractivity contribution is -0.960. The molecule has 0 radical (unpaired) electrons. The number of aryl methyl sites for hydroxylation is 1. The molecule has 3 aliphatic heterocycles. The number of imidazole rings is 1. The quantitative estimate of drug-likeness (QED) is 0.249. The molecule has 0 aliphatic carbocycles. The molecule has 0 bridgehead atoms. The molecule has 0 fully saturated rings. The first-order valence-electron chi connectivity index (χ1n) is 11.9. The summed E-state index contributed by atoms with van der Waals surface area (Å²) in [5, 5.41) is 8.84. The van der Waals surface area contributed by atoms with Crippen molar-refractivity contribution < 1.29 is 13.9 Å². The molecule has 6 heteroatoms. The number of benzene rings is 3. The first-order chi connectivity index (χ1) is 17.3. The number of para-hydroxylation sites is 3. The molecule has 0 amide bonds. The molecule has 6 nitrogen and oxygen atoms in total. The Morgan fingerprint density at radius 3 is 2.63 bits per heavy atom. The number of aromatic nitrogens is 5. The molecule has 1 unspecified atom stereocenters. The van der Waals surface area contributed by atoms with Crippen LogP contribution >= 0.6 is 0 Å². The highest BCUT2D eigenvalue weighted by atomic mass is 16.5. The summed E-state index contributed by atoms with van der Waals surface area (Å²) in [6.07, 6.45) is 0. The van der Waals surface area contributed by atoms with Crippen LogP contribution in [0.2, 0.25) is 0 Å². The monoisotopic (exact) mass is 451 g/mol. The molecule has 0 saturated carbocycles. The number of pyridine rings is 2. The van der Waals surface area contributed by atoms with Gasteiger partial charge in [-0.05, 0) is 49.4 Å². The fourth-order valence-electron chi connectivity index (χ4n) is 7.05. The fourth-order valence-corrected chi connectivity index (χ4v) is 7.05. The Labute approximate surface area is 198 Å². The average molecular weight is 451 g/mol. The topological polar surface area (TPSA) is 39.2 Å². The molecule has 7 aromatic rings. The highest BCUT2D eigenvalue weighted by molar-refractivity contribution is 6.15. The third-order valence-electron chi connectivity index (χ3n) is 8.13. The van der Waals surface area contributed by atoms with Gasteiger partial charge in [0.1, 0.15) is 11.2 Å². The Morgan fingerprint density at radius 1 is 0.829 bits per heavy atom. The van der Waals surface area contributed by atoms with E-state index >= 15 is 0 Å². The van der Waals surface area contributed by atoms with Gasteiger partial charge in [-0.15, -0.1) is 9.25 Å². The van der Waals surface area contributed by atoms with Crippen LogP contribution in [0, 0.1) is 6.92 Å². The third kappa shape index (κ3) is 1.51. The van der Waals surface area contributed by atoms with E-state index in [1.54, 1.807) is 0 Å². The molecule has 3 aromatic carbocycles. The van der Waals surface area contributed by atoms with Crippen LogP contribution in [-0.2, 0) is 5.79 Å². The van der Waals surface area contributed by atoms with Gasteiger partial charge in [-0.3, -0.25) is 0 Å². The zero-order chi connectivity index (χ0) is 22.6. The van der Waals surface area contributed by atoms with Crippen LogP contribution < -0.4 is 13.9 Å². The van der Waals surface area contributed by atoms with E-state index in [1.807, 2.05) is 0 Å². The second kappa shape index (κ2) is 5.03. The molecule has 7 heterocycles. The van der Waals surface area contributed by atoms with Crippen LogP contribution in [0.15, 0.2) is 84.9 Å². The Morgan fingerprint density at radius 2 is 1.69 bits per heavy atom. The molecular formula is C29H17N5O+2. The van der Waals surface area contributed by atoms with E-state index < -0.39 is 5.79 Å². The molecule has 35 heavy (non-hydrogen) atoms. The Balaban J connectivity index is 1.62. The van der Waals surface area contributed by atoms with Crippen molar-refractivity contribution in [2.24, 2.45) is 0 Å². The van der Waals surface area contributed by atoms with Gasteiger partial charge in [-0.25, -0.2) is 0 Å². The molecule has 0 saturated heterocycles. The standard InChI is InChI=1S/C29H17N5O/c1-16-15-23-22-11-6-12-25-32(22)29(34(23)30-16)27-24(35-25)14-13-18-17-7-2-3-8-19(17)31-20-9-4-5-10-21(20)33(29)28(31)26(18)27/h2-15H,1H3/q+2. The van der Waals surface area contributed by atoms with Crippen molar-refractivity contribution in [1.29, 1.82) is 0 Å². The van der Waals surface area contributed by atoms with Crippen molar-refractivity contribution in [3.05, 3.63) is 96.2 Å². The molecule has 4 aromatic heterocycles. The van der Waals surface area contributed by atoms with Gasteiger partial charge in [0.2, 0.25) is 5.69 Å². The van der Waals surface area contributed by atoms with Crippen LogP contribution in [-0.4, -0.2) is 14.2 Å². The molecule has 10 rings (SSSR count). The van der Waals surface area contributed by atoms with Crippen LogP contribution in [0.3, 0.4) is 0 Å². The predicted octanol–water partition coefficient (Wildman–Crippen LogP) is 4.63. The van der Waals surface area contributed by atoms with Crippen LogP contribution in [0.5, 0.6) is 11.6 Å². The zero-order valence-electron chi connectivity index (χ0n) is 18.7. The third-order valence-corrected chi connectivity index (χ3v) is 8.13. The maximum absolute atomic E-state index is 6.60. The van der Waals surface area contributed by atoms with Gasteiger partial charge < -0.3 is 4.74 Å². The summed E-state index contributed by atoms with van der Waals surface area (Å²) in [5.41, 5.74) is 9.12. The van der Waals surface area contributed by atoms with Crippen LogP contribution in [0.1, 0.15) is 11.3 Å². The summed E-state index contributed by atoms with van der Waals surface area (Å²) in [5.74, 6) is 1.00. The second-order valence-corrected chi connectivity index (χ2v) is 9.77. The minimum Gasteiger partial charge on any atom is -0.404 e. The maximum Gasteiger partial charge on any atom is 0.449 e. The lowest BCUT2D eigenvalue weighted by Gasteiger charge is -2.26. The SMILES string of the molecule is Cc1cc2n(n1)C13c4c(ccc5c6ccccc6n6c7ccccc7[n+]1c6c45)Oc1cccc-2[n+]13. The summed E-state index contributed by atoms with van der Waals surface area (Å²) < 4.78 is 16.1. The van der Waals surface area contributed by atoms with Gasteiger partial charge in [0.15, 0.2) is 22.3 Å². The second-order valence-electron chi connectivity index (χ2n) is 9.77. The van der Waals surface area contributed by atoms with Crippen molar-refractivity contribution in [2.45, 2.75) is 12.7 Å². The van der Waals surface area contributed by atoms with Crippen molar-refractivity contribution >= 4 is 38.4 Å². The van der Waals surface area contributed by atoms with Crippen molar-refractivity contribution in [1.82, 2.24) is 14.2 Å². The average Bonchev–Trinajstić information content (AvgIpc) is 3.60. The van der Waals surface area contributed by atoms with Gasteiger partial charge in [-0.2, -0.15) is 9.50 Å². The van der Waals surface area contributed by atoms with E-state index in [9.17, 15) is 0 Å². The van der Waals surface area contributed by atoms with Gasteiger partial charge in [0.05, 0.1) is 17.1 Å². The number of hydrogen-bond donors (Lipinski definition) is 0. The van der Waals surface area contributed by atoms with Gasteiger partial charge in [0, 0.05) is 16.8 Å². The predicted molar refractivity (Wildman–Crippen MR) is 131 cm³/mol. The maximum atomic E-state index is 6.60. The molecule has 1 atom stereocenters. The Kier molecular flexibility index (Phi) is 2.42. The smallest absolute Gasteiger partial charge is 0.404 e. The van der Waals surface area contributed by atoms with Crippen molar-refractivity contribution in [2.75, 3.05) is 0 Å². The molecule has 3 aliphatic rings. The highest BCUT2D eigenvalue weighted by Gasteiger charge is 2.70. The van der Waals surface area contributed by atoms with Gasteiger partial charge >= 0.3 is 17.3 Å². The minimum absolute atomic E-state index is 0.712. The number of hydrogen-bond acceptors (Lipinski definition) is 2. The normalized spacial score (nSPS) is 18.2. The van der Waals surface area contributed by atoms with Gasteiger partial charge in [0.25, 0.3) is 0 Å². The molecule has 1 spiro atoms. The van der Waals surface area contributed by atoms with E-state index in [0.717, 1.165) is 34.3 Å². The van der Waals surface area contributed by atoms with Crippen molar-refractivity contribution in [3.63, 3.8) is 0 Å². The Bertz CT molecular complexity index is 2170. The molecular weight excluding hydrogens is 434 g/mol. The summed E-state index contributed by atoms with van der Waals surface area (Å²) in [6.45, 7) is 2.07. The summed E-state index contributed by atoms with van der Waals surface area (Å²) in [6, 6.07) is 30.3. The number of rotatable bonds is 0. The largest absolute Gasteiger partial charge is 0.449 e. The lowest BCUT2D eigenvalue weighted by atomic mass is 9.97. The van der Waals surface area contributed by atoms with E-state index in [2.05, 4.69) is 110 Å². The van der Waals surface area contributed by atoms with Crippen LogP contribution in [0.25, 0.3) is 49.7 Å². The first-order valence-corrected chi connectivity index (χ1v) is 11.9. The van der Waals surface area contributed by atoms with Gasteiger partial charge in [-0.1, -0.05) is 34.9 Å². The number of fused-ring (bicyclic) bond motifs is 8. The van der Waals surface area contributed by atoms with E-state index in [-0.39, 0.29) is 0 Å². The number of ether oxygens (including phenoxy) is 1. The summed E-state index contributed by atoms with van der Waals surface area (Å²) >= 11 is 0. The zero-order valence-corrected chi connectivity index (χ0v) is 18.7. The fraction of sp³-hybridized carbons (Fsp3) is 0.0690. The summed E-state index contributed by atoms with van der Waals surface area (Å²) in [4.78, 5) is 0. The molecule has 162 valence electrons. The Hall–Kier alpha value is -4.71. The minimum atomic E-state index is -0.712. The van der Waals surface area contributed by atoms with Crippen LogP contribution in [0.4, 0.5) is 0 Å². The highest BCUT2D eigenvalue weighted by Crippen LogP contribution is 2.52. The van der Waals surface area contributed by atoms with E-state index in [1.165, 1.54) is 38.4 Å².